The van der Waals surface area contributed by atoms with Crippen molar-refractivity contribution in [1.29, 1.82) is 0 Å². The van der Waals surface area contributed by atoms with Crippen LogP contribution in [0.4, 0.5) is 5.69 Å². The van der Waals surface area contributed by atoms with Crippen molar-refractivity contribution in [1.82, 2.24) is 9.88 Å². The summed E-state index contributed by atoms with van der Waals surface area (Å²) in [6.45, 7) is 5.63. The monoisotopic (exact) mass is 395 g/mol. The Morgan fingerprint density at radius 2 is 1.93 bits per heavy atom. The number of carbonyl (C=O) groups excluding carboxylic acids is 2. The van der Waals surface area contributed by atoms with E-state index in [9.17, 15) is 9.59 Å². The molecule has 7 heteroatoms. The lowest BCUT2D eigenvalue weighted by Crippen LogP contribution is -3.13. The minimum absolute atomic E-state index is 0.0197. The van der Waals surface area contributed by atoms with Crippen LogP contribution in [-0.2, 0) is 11.3 Å². The van der Waals surface area contributed by atoms with Gasteiger partial charge in [0, 0.05) is 18.2 Å². The number of nitrogens with zero attached hydrogens (tertiary/aromatic N) is 2. The molecule has 1 saturated heterocycles. The Balaban J connectivity index is 1.35. The van der Waals surface area contributed by atoms with Crippen molar-refractivity contribution in [2.45, 2.75) is 13.5 Å². The van der Waals surface area contributed by atoms with Crippen molar-refractivity contribution in [3.8, 4) is 0 Å². The van der Waals surface area contributed by atoms with E-state index in [1.165, 1.54) is 16.5 Å². The second kappa shape index (κ2) is 8.08. The molecule has 1 aromatic heterocycles. The summed E-state index contributed by atoms with van der Waals surface area (Å²) in [5, 5.41) is 3.88. The molecule has 0 radical (unpaired) electrons. The topological polar surface area (TPSA) is 66.7 Å². The number of rotatable bonds is 4. The van der Waals surface area contributed by atoms with Crippen LogP contribution in [0, 0.1) is 0 Å². The predicted octanol–water partition coefficient (Wildman–Crippen LogP) is 1.80. The second-order valence-electron chi connectivity index (χ2n) is 7.06. The molecule has 1 aliphatic rings. The van der Waals surface area contributed by atoms with Crippen LogP contribution in [0.3, 0.4) is 0 Å². The van der Waals surface area contributed by atoms with Crippen molar-refractivity contribution in [2.24, 2.45) is 0 Å². The Bertz CT molecular complexity index is 975. The zero-order valence-electron chi connectivity index (χ0n) is 15.8. The molecule has 2 N–H and O–H groups in total. The van der Waals surface area contributed by atoms with Gasteiger partial charge in [-0.25, -0.2) is 4.98 Å². The highest BCUT2D eigenvalue weighted by Gasteiger charge is 2.25. The maximum atomic E-state index is 12.8. The average molecular weight is 396 g/mol. The molecule has 2 aromatic carbocycles. The SMILES string of the molecule is CC(=O)Nc1cccc(C(=O)N2CC[NH+](Cc3nc4ccccc4s3)CC2)c1. The Morgan fingerprint density at radius 3 is 2.68 bits per heavy atom. The molecule has 4 rings (SSSR count). The van der Waals surface area contributed by atoms with Gasteiger partial charge in [0.2, 0.25) is 5.91 Å². The van der Waals surface area contributed by atoms with Crippen LogP contribution in [0.15, 0.2) is 48.5 Å². The number of para-hydroxylation sites is 1. The van der Waals surface area contributed by atoms with Gasteiger partial charge in [0.25, 0.3) is 5.91 Å². The molecule has 2 heterocycles. The molecule has 3 aromatic rings. The summed E-state index contributed by atoms with van der Waals surface area (Å²) in [6, 6.07) is 15.4. The maximum absolute atomic E-state index is 12.8. The highest BCUT2D eigenvalue weighted by atomic mass is 32.1. The lowest BCUT2D eigenvalue weighted by atomic mass is 10.1. The van der Waals surface area contributed by atoms with Crippen molar-refractivity contribution < 1.29 is 14.5 Å². The van der Waals surface area contributed by atoms with Gasteiger partial charge in [-0.2, -0.15) is 0 Å². The number of piperazine rings is 1. The van der Waals surface area contributed by atoms with Gasteiger partial charge in [-0.1, -0.05) is 18.2 Å². The van der Waals surface area contributed by atoms with Gasteiger partial charge in [0.05, 0.1) is 36.4 Å². The molecule has 0 spiro atoms. The third-order valence-corrected chi connectivity index (χ3v) is 5.96. The number of carbonyl (C=O) groups is 2. The molecule has 0 aliphatic carbocycles. The molecule has 2 amide bonds. The Morgan fingerprint density at radius 1 is 1.14 bits per heavy atom. The third kappa shape index (κ3) is 4.21. The van der Waals surface area contributed by atoms with Gasteiger partial charge in [-0.15, -0.1) is 11.3 Å². The summed E-state index contributed by atoms with van der Waals surface area (Å²) in [5.41, 5.74) is 2.33. The van der Waals surface area contributed by atoms with E-state index in [2.05, 4.69) is 17.4 Å². The smallest absolute Gasteiger partial charge is 0.254 e. The van der Waals surface area contributed by atoms with E-state index in [4.69, 9.17) is 4.98 Å². The van der Waals surface area contributed by atoms with Gasteiger partial charge in [0.1, 0.15) is 11.6 Å². The number of quaternary nitrogens is 1. The molecule has 1 fully saturated rings. The highest BCUT2D eigenvalue weighted by Crippen LogP contribution is 2.20. The predicted molar refractivity (Wildman–Crippen MR) is 111 cm³/mol. The van der Waals surface area contributed by atoms with Crippen molar-refractivity contribution in [3.05, 3.63) is 59.1 Å². The first kappa shape index (κ1) is 18.6. The van der Waals surface area contributed by atoms with Gasteiger partial charge >= 0.3 is 0 Å². The van der Waals surface area contributed by atoms with Crippen LogP contribution in [0.1, 0.15) is 22.3 Å². The Kier molecular flexibility index (Phi) is 5.36. The minimum Gasteiger partial charge on any atom is -0.327 e. The van der Waals surface area contributed by atoms with Gasteiger partial charge in [0.15, 0.2) is 0 Å². The molecule has 0 unspecified atom stereocenters. The fraction of sp³-hybridized carbons (Fsp3) is 0.286. The molecule has 0 atom stereocenters. The zero-order chi connectivity index (χ0) is 19.5. The summed E-state index contributed by atoms with van der Waals surface area (Å²) in [6.07, 6.45) is 0. The number of amides is 2. The van der Waals surface area contributed by atoms with E-state index >= 15 is 0 Å². The van der Waals surface area contributed by atoms with E-state index in [-0.39, 0.29) is 11.8 Å². The molecule has 28 heavy (non-hydrogen) atoms. The number of benzene rings is 2. The summed E-state index contributed by atoms with van der Waals surface area (Å²) in [4.78, 5) is 32.1. The summed E-state index contributed by atoms with van der Waals surface area (Å²) in [7, 11) is 0. The van der Waals surface area contributed by atoms with Crippen LogP contribution in [0.2, 0.25) is 0 Å². The zero-order valence-corrected chi connectivity index (χ0v) is 16.6. The number of fused-ring (bicyclic) bond motifs is 1. The minimum atomic E-state index is -0.142. The second-order valence-corrected chi connectivity index (χ2v) is 8.17. The lowest BCUT2D eigenvalue weighted by molar-refractivity contribution is -0.917. The van der Waals surface area contributed by atoms with Crippen molar-refractivity contribution in [3.63, 3.8) is 0 Å². The molecule has 0 bridgehead atoms. The van der Waals surface area contributed by atoms with E-state index in [1.54, 1.807) is 35.6 Å². The van der Waals surface area contributed by atoms with Crippen molar-refractivity contribution >= 4 is 39.1 Å². The normalized spacial score (nSPS) is 15.0. The number of hydrogen-bond acceptors (Lipinski definition) is 4. The standard InChI is InChI=1S/C21H22N4O2S/c1-15(26)22-17-6-4-5-16(13-17)21(27)25-11-9-24(10-12-25)14-20-23-18-7-2-3-8-19(18)28-20/h2-8,13H,9-12,14H2,1H3,(H,22,26)/p+1. The fourth-order valence-electron chi connectivity index (χ4n) is 3.53. The molecule has 144 valence electrons. The molecular formula is C21H23N4O2S+. The van der Waals surface area contributed by atoms with E-state index < -0.39 is 0 Å². The van der Waals surface area contributed by atoms with Crippen LogP contribution >= 0.6 is 11.3 Å². The highest BCUT2D eigenvalue weighted by molar-refractivity contribution is 7.18. The number of nitrogens with one attached hydrogen (secondary N) is 2. The third-order valence-electron chi connectivity index (χ3n) is 4.93. The van der Waals surface area contributed by atoms with E-state index in [1.807, 2.05) is 17.0 Å². The van der Waals surface area contributed by atoms with E-state index in [0.717, 1.165) is 43.2 Å². The summed E-state index contributed by atoms with van der Waals surface area (Å²) >= 11 is 1.75. The van der Waals surface area contributed by atoms with Gasteiger partial charge in [-0.3, -0.25) is 9.59 Å². The summed E-state index contributed by atoms with van der Waals surface area (Å²) in [5.74, 6) is -0.122. The van der Waals surface area contributed by atoms with Crippen LogP contribution < -0.4 is 10.2 Å². The number of anilines is 1. The Labute approximate surface area is 167 Å². The van der Waals surface area contributed by atoms with Gasteiger partial charge < -0.3 is 15.1 Å². The molecular weight excluding hydrogens is 372 g/mol. The quantitative estimate of drug-likeness (QED) is 0.708. The van der Waals surface area contributed by atoms with E-state index in [0.29, 0.717) is 11.3 Å². The Hall–Kier alpha value is -2.77. The number of thiazole rings is 1. The molecule has 1 aliphatic heterocycles. The largest absolute Gasteiger partial charge is 0.327 e. The summed E-state index contributed by atoms with van der Waals surface area (Å²) < 4.78 is 1.23. The van der Waals surface area contributed by atoms with Gasteiger partial charge in [-0.05, 0) is 30.3 Å². The molecule has 0 saturated carbocycles. The van der Waals surface area contributed by atoms with Crippen molar-refractivity contribution in [2.75, 3.05) is 31.5 Å². The first-order chi connectivity index (χ1) is 13.6. The van der Waals surface area contributed by atoms with Crippen LogP contribution in [-0.4, -0.2) is 47.9 Å². The van der Waals surface area contributed by atoms with Crippen LogP contribution in [0.5, 0.6) is 0 Å². The first-order valence-corrected chi connectivity index (χ1v) is 10.2. The fourth-order valence-corrected chi connectivity index (χ4v) is 4.57. The number of hydrogen-bond donors (Lipinski definition) is 2. The lowest BCUT2D eigenvalue weighted by Gasteiger charge is -2.32. The average Bonchev–Trinajstić information content (AvgIpc) is 3.10. The number of aromatic nitrogens is 1. The first-order valence-electron chi connectivity index (χ1n) is 9.43. The van der Waals surface area contributed by atoms with Crippen LogP contribution in [0.25, 0.3) is 10.2 Å². The molecule has 6 nitrogen and oxygen atoms in total. The maximum Gasteiger partial charge on any atom is 0.254 e.